The van der Waals surface area contributed by atoms with Crippen LogP contribution in [-0.2, 0) is 18.4 Å². The molecule has 2 aromatic rings. The molecular weight excluding hydrogens is 288 g/mol. The van der Waals surface area contributed by atoms with Crippen molar-refractivity contribution < 1.29 is 4.74 Å². The molecular formula is C20H26OS. The Morgan fingerprint density at radius 1 is 0.864 bits per heavy atom. The molecule has 0 radical (unpaired) electrons. The first-order valence-electron chi connectivity index (χ1n) is 7.91. The molecule has 0 fully saturated rings. The minimum absolute atomic E-state index is 0.197. The van der Waals surface area contributed by atoms with Gasteiger partial charge in [-0.1, -0.05) is 57.2 Å². The van der Waals surface area contributed by atoms with Gasteiger partial charge in [0.1, 0.15) is 12.4 Å². The molecule has 2 heteroatoms. The molecule has 0 aromatic heterocycles. The summed E-state index contributed by atoms with van der Waals surface area (Å²) in [5.74, 6) is 1.86. The van der Waals surface area contributed by atoms with E-state index in [0.29, 0.717) is 6.61 Å². The highest BCUT2D eigenvalue weighted by Crippen LogP contribution is 2.22. The molecule has 1 nitrogen and oxygen atoms in total. The summed E-state index contributed by atoms with van der Waals surface area (Å²) >= 11 is 4.25. The van der Waals surface area contributed by atoms with Crippen LogP contribution in [0.4, 0.5) is 0 Å². The summed E-state index contributed by atoms with van der Waals surface area (Å²) in [4.78, 5) is 0. The monoisotopic (exact) mass is 314 g/mol. The first-order valence-corrected chi connectivity index (χ1v) is 8.54. The van der Waals surface area contributed by atoms with Crippen molar-refractivity contribution >= 4 is 12.6 Å². The SMILES string of the molecule is CC(C)(C)c1ccc(COc2ccc(CCCS)cc2)cc1. The summed E-state index contributed by atoms with van der Waals surface area (Å²) in [7, 11) is 0. The van der Waals surface area contributed by atoms with Crippen LogP contribution in [0.25, 0.3) is 0 Å². The molecule has 0 aliphatic heterocycles. The fourth-order valence-electron chi connectivity index (χ4n) is 2.30. The van der Waals surface area contributed by atoms with Gasteiger partial charge in [-0.15, -0.1) is 0 Å². The fraction of sp³-hybridized carbons (Fsp3) is 0.400. The Hall–Kier alpha value is -1.41. The molecule has 0 N–H and O–H groups in total. The maximum absolute atomic E-state index is 5.86. The average Bonchev–Trinajstić information content (AvgIpc) is 2.51. The first kappa shape index (κ1) is 17.0. The molecule has 0 bridgehead atoms. The van der Waals surface area contributed by atoms with Gasteiger partial charge in [-0.2, -0.15) is 12.6 Å². The number of benzene rings is 2. The Labute approximate surface area is 140 Å². The number of aryl methyl sites for hydroxylation is 1. The van der Waals surface area contributed by atoms with Crippen LogP contribution in [0.2, 0.25) is 0 Å². The van der Waals surface area contributed by atoms with Crippen LogP contribution in [0.1, 0.15) is 43.9 Å². The van der Waals surface area contributed by atoms with Gasteiger partial charge in [-0.3, -0.25) is 0 Å². The van der Waals surface area contributed by atoms with Crippen molar-refractivity contribution in [2.75, 3.05) is 5.75 Å². The second-order valence-electron chi connectivity index (χ2n) is 6.71. The van der Waals surface area contributed by atoms with Gasteiger partial charge in [0, 0.05) is 0 Å². The van der Waals surface area contributed by atoms with E-state index in [9.17, 15) is 0 Å². The van der Waals surface area contributed by atoms with Crippen LogP contribution < -0.4 is 4.74 Å². The molecule has 2 aromatic carbocycles. The Morgan fingerprint density at radius 3 is 2.00 bits per heavy atom. The third-order valence-electron chi connectivity index (χ3n) is 3.77. The highest BCUT2D eigenvalue weighted by Gasteiger charge is 2.12. The highest BCUT2D eigenvalue weighted by molar-refractivity contribution is 7.80. The predicted molar refractivity (Wildman–Crippen MR) is 98.1 cm³/mol. The number of hydrogen-bond acceptors (Lipinski definition) is 2. The molecule has 0 amide bonds. The largest absolute Gasteiger partial charge is 0.489 e. The van der Waals surface area contributed by atoms with E-state index in [1.165, 1.54) is 16.7 Å². The number of thiol groups is 1. The van der Waals surface area contributed by atoms with Crippen molar-refractivity contribution in [1.29, 1.82) is 0 Å². The number of rotatable bonds is 6. The van der Waals surface area contributed by atoms with Gasteiger partial charge in [-0.05, 0) is 52.8 Å². The topological polar surface area (TPSA) is 9.23 Å². The Morgan fingerprint density at radius 2 is 1.45 bits per heavy atom. The zero-order valence-corrected chi connectivity index (χ0v) is 14.7. The molecule has 118 valence electrons. The fourth-order valence-corrected chi connectivity index (χ4v) is 2.46. The van der Waals surface area contributed by atoms with E-state index in [-0.39, 0.29) is 5.41 Å². The minimum atomic E-state index is 0.197. The molecule has 22 heavy (non-hydrogen) atoms. The summed E-state index contributed by atoms with van der Waals surface area (Å²) in [6.45, 7) is 7.30. The summed E-state index contributed by atoms with van der Waals surface area (Å²) in [5.41, 5.74) is 4.09. The van der Waals surface area contributed by atoms with Crippen LogP contribution >= 0.6 is 12.6 Å². The van der Waals surface area contributed by atoms with Crippen LogP contribution in [-0.4, -0.2) is 5.75 Å². The highest BCUT2D eigenvalue weighted by atomic mass is 32.1. The molecule has 0 aliphatic carbocycles. The third kappa shape index (κ3) is 5.10. The minimum Gasteiger partial charge on any atom is -0.489 e. The second-order valence-corrected chi connectivity index (χ2v) is 7.15. The van der Waals surface area contributed by atoms with Crippen molar-refractivity contribution in [3.63, 3.8) is 0 Å². The van der Waals surface area contributed by atoms with Gasteiger partial charge in [-0.25, -0.2) is 0 Å². The van der Waals surface area contributed by atoms with Crippen molar-refractivity contribution in [3.05, 3.63) is 65.2 Å². The molecule has 0 spiro atoms. The maximum Gasteiger partial charge on any atom is 0.119 e. The van der Waals surface area contributed by atoms with E-state index in [1.807, 2.05) is 0 Å². The Kier molecular flexibility index (Phi) is 5.96. The van der Waals surface area contributed by atoms with E-state index in [4.69, 9.17) is 4.74 Å². The van der Waals surface area contributed by atoms with E-state index in [1.54, 1.807) is 0 Å². The van der Waals surface area contributed by atoms with Gasteiger partial charge in [0.2, 0.25) is 0 Å². The molecule has 0 heterocycles. The van der Waals surface area contributed by atoms with Crippen molar-refractivity contribution in [1.82, 2.24) is 0 Å². The first-order chi connectivity index (χ1) is 10.5. The van der Waals surface area contributed by atoms with E-state index in [0.717, 1.165) is 24.3 Å². The van der Waals surface area contributed by atoms with Crippen molar-refractivity contribution in [2.45, 2.75) is 45.6 Å². The maximum atomic E-state index is 5.86. The van der Waals surface area contributed by atoms with Crippen molar-refractivity contribution in [3.8, 4) is 5.75 Å². The average molecular weight is 314 g/mol. The van der Waals surface area contributed by atoms with E-state index < -0.39 is 0 Å². The Bertz CT molecular complexity index is 564. The number of hydrogen-bond donors (Lipinski definition) is 1. The van der Waals surface area contributed by atoms with Gasteiger partial charge < -0.3 is 4.74 Å². The molecule has 0 saturated heterocycles. The lowest BCUT2D eigenvalue weighted by molar-refractivity contribution is 0.306. The van der Waals surface area contributed by atoms with E-state index in [2.05, 4.69) is 81.9 Å². The van der Waals surface area contributed by atoms with E-state index >= 15 is 0 Å². The smallest absolute Gasteiger partial charge is 0.119 e. The van der Waals surface area contributed by atoms with Gasteiger partial charge in [0.05, 0.1) is 0 Å². The number of ether oxygens (including phenoxy) is 1. The normalized spacial score (nSPS) is 11.5. The summed E-state index contributed by atoms with van der Waals surface area (Å²) in [6, 6.07) is 17.1. The summed E-state index contributed by atoms with van der Waals surface area (Å²) in [5, 5.41) is 0. The quantitative estimate of drug-likeness (QED) is 0.700. The standard InChI is InChI=1S/C20H26OS/c1-20(2,3)18-10-6-17(7-11-18)15-21-19-12-8-16(9-13-19)5-4-14-22/h6-13,22H,4-5,14-15H2,1-3H3. The second kappa shape index (κ2) is 7.73. The molecule has 0 atom stereocenters. The molecule has 2 rings (SSSR count). The van der Waals surface area contributed by atoms with Gasteiger partial charge in [0.25, 0.3) is 0 Å². The zero-order valence-electron chi connectivity index (χ0n) is 13.8. The third-order valence-corrected chi connectivity index (χ3v) is 4.09. The Balaban J connectivity index is 1.90. The van der Waals surface area contributed by atoms with Crippen LogP contribution in [0.15, 0.2) is 48.5 Å². The van der Waals surface area contributed by atoms with Crippen molar-refractivity contribution in [2.24, 2.45) is 0 Å². The predicted octanol–water partition coefficient (Wildman–Crippen LogP) is 5.43. The summed E-state index contributed by atoms with van der Waals surface area (Å²) < 4.78 is 5.86. The van der Waals surface area contributed by atoms with Crippen LogP contribution in [0.5, 0.6) is 5.75 Å². The lowest BCUT2D eigenvalue weighted by Gasteiger charge is -2.19. The van der Waals surface area contributed by atoms with Crippen LogP contribution in [0.3, 0.4) is 0 Å². The summed E-state index contributed by atoms with van der Waals surface area (Å²) in [6.07, 6.45) is 2.20. The van der Waals surface area contributed by atoms with Crippen LogP contribution in [0, 0.1) is 0 Å². The zero-order chi connectivity index (χ0) is 16.0. The molecule has 0 aliphatic rings. The molecule has 0 saturated carbocycles. The lowest BCUT2D eigenvalue weighted by Crippen LogP contribution is -2.10. The van der Waals surface area contributed by atoms with Gasteiger partial charge >= 0.3 is 0 Å². The molecule has 0 unspecified atom stereocenters. The lowest BCUT2D eigenvalue weighted by atomic mass is 9.87. The van der Waals surface area contributed by atoms with Gasteiger partial charge in [0.15, 0.2) is 0 Å².